The van der Waals surface area contributed by atoms with E-state index in [9.17, 15) is 9.59 Å². The third-order valence-corrected chi connectivity index (χ3v) is 6.01. The lowest BCUT2D eigenvalue weighted by molar-refractivity contribution is 0.0922. The van der Waals surface area contributed by atoms with Crippen LogP contribution in [0.3, 0.4) is 0 Å². The van der Waals surface area contributed by atoms with Crippen LogP contribution < -0.4 is 10.4 Å². The van der Waals surface area contributed by atoms with Crippen molar-refractivity contribution in [2.24, 2.45) is 7.05 Å². The molecular weight excluding hydrogens is 414 g/mol. The zero-order valence-electron chi connectivity index (χ0n) is 16.9. The molecule has 2 aromatic heterocycles. The number of ether oxygens (including phenoxy) is 1. The number of nitrogens with zero attached hydrogens (tertiary/aromatic N) is 1. The Kier molecular flexibility index (Phi) is 4.56. The Morgan fingerprint density at radius 1 is 1.00 bits per heavy atom. The third-order valence-electron chi connectivity index (χ3n) is 5.71. The SMILES string of the molecule is Cc1c(C(=O)COc2cc3oc(=O)c4ccccc4c3cc2Cl)c2ccccc2n1C. The quantitative estimate of drug-likeness (QED) is 0.209. The predicted octanol–water partition coefficient (Wildman–Crippen LogP) is 5.66. The minimum atomic E-state index is -0.432. The van der Waals surface area contributed by atoms with Crippen molar-refractivity contribution in [2.45, 2.75) is 6.92 Å². The first-order chi connectivity index (χ1) is 15.0. The largest absolute Gasteiger partial charge is 0.484 e. The molecule has 5 rings (SSSR count). The number of hydrogen-bond acceptors (Lipinski definition) is 4. The maximum Gasteiger partial charge on any atom is 0.344 e. The zero-order valence-corrected chi connectivity index (χ0v) is 17.7. The Bertz CT molecular complexity index is 1560. The number of rotatable bonds is 4. The summed E-state index contributed by atoms with van der Waals surface area (Å²) >= 11 is 6.44. The molecule has 0 amide bonds. The summed E-state index contributed by atoms with van der Waals surface area (Å²) in [7, 11) is 1.93. The number of aromatic nitrogens is 1. The van der Waals surface area contributed by atoms with E-state index in [1.165, 1.54) is 0 Å². The number of fused-ring (bicyclic) bond motifs is 4. The number of carbonyl (C=O) groups excluding carboxylic acids is 1. The van der Waals surface area contributed by atoms with Crippen molar-refractivity contribution >= 4 is 50.0 Å². The second kappa shape index (κ2) is 7.29. The smallest absolute Gasteiger partial charge is 0.344 e. The summed E-state index contributed by atoms with van der Waals surface area (Å²) in [5.74, 6) is 0.143. The van der Waals surface area contributed by atoms with Gasteiger partial charge >= 0.3 is 5.63 Å². The number of hydrogen-bond donors (Lipinski definition) is 0. The molecule has 0 fully saturated rings. The molecular formula is C25H18ClNO4. The minimum Gasteiger partial charge on any atom is -0.484 e. The first-order valence-electron chi connectivity index (χ1n) is 9.81. The summed E-state index contributed by atoms with van der Waals surface area (Å²) in [5.41, 5.74) is 2.42. The van der Waals surface area contributed by atoms with Crippen molar-refractivity contribution in [2.75, 3.05) is 6.61 Å². The van der Waals surface area contributed by atoms with Gasteiger partial charge in [0.1, 0.15) is 11.3 Å². The van der Waals surface area contributed by atoms with Gasteiger partial charge < -0.3 is 13.7 Å². The molecule has 0 saturated heterocycles. The maximum atomic E-state index is 13.0. The average molecular weight is 432 g/mol. The first kappa shape index (κ1) is 19.4. The molecule has 6 heteroatoms. The van der Waals surface area contributed by atoms with E-state index in [1.54, 1.807) is 24.3 Å². The van der Waals surface area contributed by atoms with Crippen molar-refractivity contribution in [3.8, 4) is 5.75 Å². The minimum absolute atomic E-state index is 0.148. The van der Waals surface area contributed by atoms with Gasteiger partial charge in [0.15, 0.2) is 6.61 Å². The molecule has 0 N–H and O–H groups in total. The standard InChI is InChI=1S/C25H18ClNO4/c1-14-24(17-9-5-6-10-20(17)27(14)2)21(28)13-30-23-12-22-18(11-19(23)26)15-7-3-4-8-16(15)25(29)31-22/h3-12H,13H2,1-2H3. The van der Waals surface area contributed by atoms with E-state index in [1.807, 2.05) is 54.9 Å². The van der Waals surface area contributed by atoms with Gasteiger partial charge in [0, 0.05) is 40.7 Å². The number of aryl methyl sites for hydroxylation is 1. The lowest BCUT2D eigenvalue weighted by Crippen LogP contribution is -2.13. The Morgan fingerprint density at radius 3 is 2.45 bits per heavy atom. The number of halogens is 1. The Balaban J connectivity index is 1.51. The molecule has 0 atom stereocenters. The lowest BCUT2D eigenvalue weighted by Gasteiger charge is -2.10. The summed E-state index contributed by atoms with van der Waals surface area (Å²) in [6, 6.07) is 18.2. The normalized spacial score (nSPS) is 11.5. The van der Waals surface area contributed by atoms with Crippen LogP contribution in [0.5, 0.6) is 5.75 Å². The van der Waals surface area contributed by atoms with Gasteiger partial charge in [-0.1, -0.05) is 48.0 Å². The van der Waals surface area contributed by atoms with Crippen LogP contribution in [0.25, 0.3) is 32.6 Å². The van der Waals surface area contributed by atoms with Crippen LogP contribution in [0.1, 0.15) is 16.1 Å². The number of benzene rings is 3. The van der Waals surface area contributed by atoms with Crippen molar-refractivity contribution in [1.82, 2.24) is 4.57 Å². The van der Waals surface area contributed by atoms with Gasteiger partial charge in [0.25, 0.3) is 0 Å². The van der Waals surface area contributed by atoms with Crippen LogP contribution in [0.4, 0.5) is 0 Å². The van der Waals surface area contributed by atoms with Crippen LogP contribution in [-0.4, -0.2) is 17.0 Å². The molecule has 0 aliphatic rings. The van der Waals surface area contributed by atoms with Crippen molar-refractivity contribution < 1.29 is 13.9 Å². The number of ketones is 1. The van der Waals surface area contributed by atoms with Crippen LogP contribution in [0, 0.1) is 6.92 Å². The van der Waals surface area contributed by atoms with Crippen molar-refractivity contribution in [1.29, 1.82) is 0 Å². The summed E-state index contributed by atoms with van der Waals surface area (Å²) in [4.78, 5) is 25.3. The van der Waals surface area contributed by atoms with E-state index in [2.05, 4.69) is 0 Å². The molecule has 154 valence electrons. The highest BCUT2D eigenvalue weighted by Crippen LogP contribution is 2.33. The number of carbonyl (C=O) groups is 1. The van der Waals surface area contributed by atoms with Crippen LogP contribution in [0.15, 0.2) is 69.9 Å². The molecule has 31 heavy (non-hydrogen) atoms. The molecule has 0 radical (unpaired) electrons. The van der Waals surface area contributed by atoms with Crippen molar-refractivity contribution in [3.63, 3.8) is 0 Å². The summed E-state index contributed by atoms with van der Waals surface area (Å²) in [6.07, 6.45) is 0. The van der Waals surface area contributed by atoms with E-state index < -0.39 is 5.63 Å². The topological polar surface area (TPSA) is 61.4 Å². The summed E-state index contributed by atoms with van der Waals surface area (Å²) in [5, 5.41) is 3.18. The lowest BCUT2D eigenvalue weighted by atomic mass is 10.1. The van der Waals surface area contributed by atoms with Gasteiger partial charge in [-0.3, -0.25) is 4.79 Å². The molecule has 2 heterocycles. The maximum absolute atomic E-state index is 13.0. The second-order valence-electron chi connectivity index (χ2n) is 7.46. The molecule has 5 nitrogen and oxygen atoms in total. The van der Waals surface area contributed by atoms with E-state index >= 15 is 0 Å². The van der Waals surface area contributed by atoms with E-state index in [-0.39, 0.29) is 12.4 Å². The van der Waals surface area contributed by atoms with Gasteiger partial charge in [-0.05, 0) is 30.5 Å². The molecule has 0 aliphatic carbocycles. The Morgan fingerprint density at radius 2 is 1.68 bits per heavy atom. The molecule has 0 spiro atoms. The van der Waals surface area contributed by atoms with Crippen molar-refractivity contribution in [3.05, 3.63) is 87.4 Å². The third kappa shape index (κ3) is 3.09. The fraction of sp³-hybridized carbons (Fsp3) is 0.120. The molecule has 3 aromatic carbocycles. The van der Waals surface area contributed by atoms with E-state index in [0.717, 1.165) is 22.0 Å². The van der Waals surface area contributed by atoms with Gasteiger partial charge in [0.2, 0.25) is 5.78 Å². The summed E-state index contributed by atoms with van der Waals surface area (Å²) < 4.78 is 13.2. The molecule has 0 saturated carbocycles. The number of Topliss-reactive ketones (excluding diaryl/α,β-unsaturated/α-hetero) is 1. The van der Waals surface area contributed by atoms with E-state index in [0.29, 0.717) is 32.7 Å². The zero-order chi connectivity index (χ0) is 21.7. The Labute approximate surface area is 182 Å². The highest BCUT2D eigenvalue weighted by Gasteiger charge is 2.19. The van der Waals surface area contributed by atoms with Gasteiger partial charge in [-0.2, -0.15) is 0 Å². The Hall–Kier alpha value is -3.57. The molecule has 0 bridgehead atoms. The second-order valence-corrected chi connectivity index (χ2v) is 7.87. The summed E-state index contributed by atoms with van der Waals surface area (Å²) in [6.45, 7) is 1.73. The van der Waals surface area contributed by atoms with Gasteiger partial charge in [-0.25, -0.2) is 4.79 Å². The first-order valence-corrected chi connectivity index (χ1v) is 10.2. The van der Waals surface area contributed by atoms with Gasteiger partial charge in [-0.15, -0.1) is 0 Å². The fourth-order valence-electron chi connectivity index (χ4n) is 4.08. The molecule has 0 aliphatic heterocycles. The van der Waals surface area contributed by atoms with Crippen LogP contribution >= 0.6 is 11.6 Å². The van der Waals surface area contributed by atoms with Gasteiger partial charge in [0.05, 0.1) is 10.4 Å². The highest BCUT2D eigenvalue weighted by molar-refractivity contribution is 6.33. The van der Waals surface area contributed by atoms with Crippen LogP contribution in [-0.2, 0) is 7.05 Å². The monoisotopic (exact) mass is 431 g/mol. The van der Waals surface area contributed by atoms with Crippen LogP contribution in [0.2, 0.25) is 5.02 Å². The highest BCUT2D eigenvalue weighted by atomic mass is 35.5. The molecule has 0 unspecified atom stereocenters. The fourth-order valence-corrected chi connectivity index (χ4v) is 4.30. The molecule has 5 aromatic rings. The average Bonchev–Trinajstić information content (AvgIpc) is 3.03. The van der Waals surface area contributed by atoms with E-state index in [4.69, 9.17) is 20.8 Å². The predicted molar refractivity (Wildman–Crippen MR) is 122 cm³/mol. The number of para-hydroxylation sites is 1.